The summed E-state index contributed by atoms with van der Waals surface area (Å²) in [6.45, 7) is 3.23. The maximum absolute atomic E-state index is 13.9. The van der Waals surface area contributed by atoms with Gasteiger partial charge in [-0.15, -0.1) is 0 Å². The fourth-order valence-electron chi connectivity index (χ4n) is 5.66. The minimum atomic E-state index is -0.700. The Morgan fingerprint density at radius 2 is 1.60 bits per heavy atom. The first-order valence-electron chi connectivity index (χ1n) is 13.7. The second kappa shape index (κ2) is 12.3. The summed E-state index contributed by atoms with van der Waals surface area (Å²) in [6, 6.07) is 22.3. The van der Waals surface area contributed by atoms with Crippen LogP contribution >= 0.6 is 0 Å². The number of nitrogens with one attached hydrogen (secondary N) is 1. The second-order valence-electron chi connectivity index (χ2n) is 10.4. The van der Waals surface area contributed by atoms with E-state index >= 15 is 0 Å². The fourth-order valence-corrected chi connectivity index (χ4v) is 5.66. The molecule has 0 bridgehead atoms. The third kappa shape index (κ3) is 5.93. The highest BCUT2D eigenvalue weighted by molar-refractivity contribution is 6.04. The van der Waals surface area contributed by atoms with Crippen LogP contribution in [0, 0.1) is 0 Å². The average molecular weight is 568 g/mol. The normalized spacial score (nSPS) is 18.1. The summed E-state index contributed by atoms with van der Waals surface area (Å²) in [5, 5.41) is 3.38. The number of ether oxygens (including phenoxy) is 4. The maximum atomic E-state index is 13.9. The smallest absolute Gasteiger partial charge is 0.337 e. The number of allylic oxidation sites excluding steroid dienone is 3. The van der Waals surface area contributed by atoms with Crippen LogP contribution < -0.4 is 19.5 Å². The quantitative estimate of drug-likeness (QED) is 0.272. The van der Waals surface area contributed by atoms with Gasteiger partial charge in [-0.05, 0) is 60.2 Å². The van der Waals surface area contributed by atoms with E-state index in [4.69, 9.17) is 18.9 Å². The molecule has 2 atom stereocenters. The van der Waals surface area contributed by atoms with Gasteiger partial charge in [0, 0.05) is 36.2 Å². The van der Waals surface area contributed by atoms with Crippen molar-refractivity contribution < 1.29 is 33.3 Å². The Labute approximate surface area is 244 Å². The number of hydrogen-bond acceptors (Lipinski definition) is 8. The number of carbonyl (C=O) groups excluding carboxylic acids is 3. The van der Waals surface area contributed by atoms with Gasteiger partial charge in [-0.25, -0.2) is 4.79 Å². The van der Waals surface area contributed by atoms with Crippen LogP contribution in [-0.2, 0) is 25.7 Å². The average Bonchev–Trinajstić information content (AvgIpc) is 2.99. The lowest BCUT2D eigenvalue weighted by molar-refractivity contribution is -0.140. The first-order valence-corrected chi connectivity index (χ1v) is 13.7. The zero-order valence-electron chi connectivity index (χ0n) is 24.1. The Morgan fingerprint density at radius 1 is 0.881 bits per heavy atom. The van der Waals surface area contributed by atoms with Gasteiger partial charge in [-0.2, -0.15) is 0 Å². The van der Waals surface area contributed by atoms with Gasteiger partial charge >= 0.3 is 11.9 Å². The van der Waals surface area contributed by atoms with Gasteiger partial charge in [-0.1, -0.05) is 48.5 Å². The molecule has 0 fully saturated rings. The van der Waals surface area contributed by atoms with E-state index in [-0.39, 0.29) is 30.5 Å². The number of hydrogen-bond donors (Lipinski definition) is 1. The molecule has 42 heavy (non-hydrogen) atoms. The lowest BCUT2D eigenvalue weighted by atomic mass is 9.71. The molecule has 1 aliphatic heterocycles. The summed E-state index contributed by atoms with van der Waals surface area (Å²) >= 11 is 0. The molecule has 0 spiro atoms. The number of carbonyl (C=O) groups is 3. The molecule has 216 valence electrons. The molecule has 0 amide bonds. The number of ketones is 1. The molecular weight excluding hydrogens is 534 g/mol. The number of dihydropyridines is 1. The molecule has 1 heterocycles. The van der Waals surface area contributed by atoms with Crippen LogP contribution in [0.5, 0.6) is 17.2 Å². The minimum Gasteiger partial charge on any atom is -0.497 e. The molecule has 8 nitrogen and oxygen atoms in total. The SMILES string of the molecule is COc1ccc([C@H]2CC(=O)C3=C(C2)NC(C)=C(C(=O)OCc2ccccc2)[C@@H]3c2ccc(OC(C)=O)c(OC)c2)cc1. The third-order valence-electron chi connectivity index (χ3n) is 7.62. The van der Waals surface area contributed by atoms with Crippen molar-refractivity contribution in [3.05, 3.63) is 112 Å². The van der Waals surface area contributed by atoms with Crippen molar-refractivity contribution in [3.63, 3.8) is 0 Å². The van der Waals surface area contributed by atoms with Gasteiger partial charge in [0.1, 0.15) is 12.4 Å². The van der Waals surface area contributed by atoms with Gasteiger partial charge in [0.05, 0.1) is 19.8 Å². The van der Waals surface area contributed by atoms with Gasteiger partial charge in [0.25, 0.3) is 0 Å². The van der Waals surface area contributed by atoms with Gasteiger partial charge in [0.2, 0.25) is 0 Å². The minimum absolute atomic E-state index is 0.0319. The van der Waals surface area contributed by atoms with Crippen LogP contribution in [0.4, 0.5) is 0 Å². The van der Waals surface area contributed by atoms with Gasteiger partial charge in [-0.3, -0.25) is 9.59 Å². The molecule has 1 aliphatic carbocycles. The first kappa shape index (κ1) is 28.7. The molecule has 0 aromatic heterocycles. The van der Waals surface area contributed by atoms with Crippen LogP contribution in [0.25, 0.3) is 0 Å². The Hall–Kier alpha value is -4.85. The highest BCUT2D eigenvalue weighted by Crippen LogP contribution is 2.47. The van der Waals surface area contributed by atoms with Gasteiger partial charge in [0.15, 0.2) is 17.3 Å². The molecule has 8 heteroatoms. The molecule has 0 saturated carbocycles. The topological polar surface area (TPSA) is 100 Å². The number of rotatable bonds is 8. The largest absolute Gasteiger partial charge is 0.497 e. The summed E-state index contributed by atoms with van der Waals surface area (Å²) in [5.74, 6) is -0.476. The van der Waals surface area contributed by atoms with E-state index in [2.05, 4.69) is 5.32 Å². The lowest BCUT2D eigenvalue weighted by Gasteiger charge is -2.37. The molecule has 2 aliphatic rings. The number of benzene rings is 3. The molecular formula is C34H33NO7. The van der Waals surface area contributed by atoms with Crippen molar-refractivity contribution in [2.75, 3.05) is 14.2 Å². The summed E-state index contributed by atoms with van der Waals surface area (Å²) in [7, 11) is 3.09. The zero-order chi connectivity index (χ0) is 29.8. The Bertz CT molecular complexity index is 1570. The lowest BCUT2D eigenvalue weighted by Crippen LogP contribution is -2.36. The molecule has 5 rings (SSSR count). The Balaban J connectivity index is 1.54. The van der Waals surface area contributed by atoms with Crippen molar-refractivity contribution in [3.8, 4) is 17.2 Å². The van der Waals surface area contributed by atoms with Crippen LogP contribution in [0.1, 0.15) is 55.2 Å². The monoisotopic (exact) mass is 567 g/mol. The first-order chi connectivity index (χ1) is 20.3. The highest BCUT2D eigenvalue weighted by atomic mass is 16.6. The predicted molar refractivity (Wildman–Crippen MR) is 156 cm³/mol. The van der Waals surface area contributed by atoms with Crippen molar-refractivity contribution in [1.82, 2.24) is 5.32 Å². The van der Waals surface area contributed by atoms with E-state index in [1.807, 2.05) is 61.5 Å². The maximum Gasteiger partial charge on any atom is 0.337 e. The predicted octanol–water partition coefficient (Wildman–Crippen LogP) is 5.73. The second-order valence-corrected chi connectivity index (χ2v) is 10.4. The summed E-state index contributed by atoms with van der Waals surface area (Å²) in [6.07, 6.45) is 0.883. The van der Waals surface area contributed by atoms with E-state index in [9.17, 15) is 14.4 Å². The molecule has 0 unspecified atom stereocenters. The number of Topliss-reactive ketones (excluding diaryl/α,β-unsaturated/α-hetero) is 1. The Morgan fingerprint density at radius 3 is 2.26 bits per heavy atom. The van der Waals surface area contributed by atoms with Crippen molar-refractivity contribution >= 4 is 17.7 Å². The van der Waals surface area contributed by atoms with E-state index in [1.54, 1.807) is 25.3 Å². The molecule has 0 radical (unpaired) electrons. The fraction of sp³-hybridized carbons (Fsp3) is 0.265. The van der Waals surface area contributed by atoms with E-state index in [0.29, 0.717) is 34.6 Å². The molecule has 3 aromatic carbocycles. The van der Waals surface area contributed by atoms with Gasteiger partial charge < -0.3 is 24.3 Å². The number of esters is 2. The van der Waals surface area contributed by atoms with Crippen LogP contribution in [0.2, 0.25) is 0 Å². The van der Waals surface area contributed by atoms with Crippen LogP contribution in [-0.4, -0.2) is 31.9 Å². The summed E-state index contributed by atoms with van der Waals surface area (Å²) in [5.41, 5.74) is 4.81. The molecule has 3 aromatic rings. The van der Waals surface area contributed by atoms with E-state index in [0.717, 1.165) is 22.6 Å². The van der Waals surface area contributed by atoms with Crippen molar-refractivity contribution in [1.29, 1.82) is 0 Å². The van der Waals surface area contributed by atoms with Crippen molar-refractivity contribution in [2.45, 2.75) is 45.1 Å². The van der Waals surface area contributed by atoms with Crippen LogP contribution in [0.3, 0.4) is 0 Å². The molecule has 0 saturated heterocycles. The van der Waals surface area contributed by atoms with Crippen molar-refractivity contribution in [2.24, 2.45) is 0 Å². The molecule has 1 N–H and O–H groups in total. The van der Waals surface area contributed by atoms with E-state index < -0.39 is 17.9 Å². The third-order valence-corrected chi connectivity index (χ3v) is 7.62. The Kier molecular flexibility index (Phi) is 8.43. The van der Waals surface area contributed by atoms with E-state index in [1.165, 1.54) is 14.0 Å². The highest BCUT2D eigenvalue weighted by Gasteiger charge is 2.41. The number of methoxy groups -OCH3 is 2. The summed E-state index contributed by atoms with van der Waals surface area (Å²) < 4.78 is 21.9. The zero-order valence-corrected chi connectivity index (χ0v) is 24.1. The standard InChI is InChI=1S/C34H33NO7/c1-20-31(34(38)41-19-22-8-6-5-7-9-22)32(24-12-15-29(42-21(2)36)30(18-24)40-4)33-27(35-20)16-25(17-28(33)37)23-10-13-26(39-3)14-11-23/h5-15,18,25,32,35H,16-17,19H2,1-4H3/t25-,32+/m1/s1. The van der Waals surface area contributed by atoms with Crippen LogP contribution in [0.15, 0.2) is 95.3 Å². The summed E-state index contributed by atoms with van der Waals surface area (Å²) in [4.78, 5) is 39.3.